The number of carbonyl (C=O) groups is 2. The average molecular weight is 528 g/mol. The Bertz CT molecular complexity index is 1260. The Morgan fingerprint density at radius 3 is 2.40 bits per heavy atom. The second kappa shape index (κ2) is 9.53. The van der Waals surface area contributed by atoms with Gasteiger partial charge in [0.25, 0.3) is 5.60 Å². The summed E-state index contributed by atoms with van der Waals surface area (Å²) in [7, 11) is 0. The van der Waals surface area contributed by atoms with Crippen LogP contribution in [-0.4, -0.2) is 82.4 Å². The van der Waals surface area contributed by atoms with Gasteiger partial charge in [-0.05, 0) is 29.3 Å². The van der Waals surface area contributed by atoms with E-state index in [-0.39, 0.29) is 22.3 Å². The van der Waals surface area contributed by atoms with Crippen molar-refractivity contribution in [3.8, 4) is 0 Å². The van der Waals surface area contributed by atoms with Crippen LogP contribution in [0.4, 0.5) is 5.82 Å². The standard InChI is InChI=1S/C20H19Cl2N5O8/c21-9-3-1-8(2-4-9)5-20(17(30)31,18(32)33)34-6-10-12(28)13(29)16(35-10)27-7-24-11-14(23)25-19(22)26-15(11)27/h1-4,7,10,12-13,16,28-29H,5-6H2,(H,30,31)(H,32,33)(H2,23,25,26)/t10-,12-,13-,16-/m1/s1. The quantitative estimate of drug-likeness (QED) is 0.200. The maximum absolute atomic E-state index is 12.0. The van der Waals surface area contributed by atoms with E-state index in [2.05, 4.69) is 15.0 Å². The summed E-state index contributed by atoms with van der Waals surface area (Å²) < 4.78 is 12.3. The Labute approximate surface area is 206 Å². The number of aliphatic hydroxyl groups is 2. The summed E-state index contributed by atoms with van der Waals surface area (Å²) in [5.74, 6) is -3.53. The number of anilines is 1. The van der Waals surface area contributed by atoms with Crippen LogP contribution in [0.25, 0.3) is 11.2 Å². The molecule has 1 fully saturated rings. The monoisotopic (exact) mass is 527 g/mol. The van der Waals surface area contributed by atoms with Gasteiger partial charge in [-0.1, -0.05) is 23.7 Å². The second-order valence-corrected chi connectivity index (χ2v) is 8.57. The average Bonchev–Trinajstić information content (AvgIpc) is 3.33. The Morgan fingerprint density at radius 2 is 1.77 bits per heavy atom. The van der Waals surface area contributed by atoms with Crippen LogP contribution in [0.3, 0.4) is 0 Å². The number of hydrogen-bond acceptors (Lipinski definition) is 10. The first-order valence-electron chi connectivity index (χ1n) is 10.1. The summed E-state index contributed by atoms with van der Waals surface area (Å²) in [5, 5.41) is 40.8. The highest BCUT2D eigenvalue weighted by Gasteiger charge is 2.51. The van der Waals surface area contributed by atoms with Crippen LogP contribution in [0.15, 0.2) is 30.6 Å². The van der Waals surface area contributed by atoms with Crippen molar-refractivity contribution >= 4 is 52.1 Å². The molecule has 4 atom stereocenters. The highest BCUT2D eigenvalue weighted by atomic mass is 35.5. The molecule has 1 saturated heterocycles. The number of aromatic nitrogens is 4. The molecular weight excluding hydrogens is 509 g/mol. The third-order valence-electron chi connectivity index (χ3n) is 5.58. The van der Waals surface area contributed by atoms with Crippen molar-refractivity contribution in [2.24, 2.45) is 0 Å². The maximum atomic E-state index is 12.0. The van der Waals surface area contributed by atoms with Gasteiger partial charge in [-0.25, -0.2) is 14.6 Å². The van der Waals surface area contributed by atoms with E-state index in [9.17, 15) is 30.0 Å². The number of aliphatic hydroxyl groups excluding tert-OH is 2. The first-order chi connectivity index (χ1) is 16.5. The van der Waals surface area contributed by atoms with Crippen molar-refractivity contribution in [1.29, 1.82) is 0 Å². The molecule has 0 saturated carbocycles. The number of nitrogen functional groups attached to an aromatic ring is 1. The molecule has 15 heteroatoms. The molecule has 0 bridgehead atoms. The Balaban J connectivity index is 1.57. The number of hydrogen-bond donors (Lipinski definition) is 5. The molecule has 1 aliphatic rings. The molecule has 0 spiro atoms. The molecule has 1 aliphatic heterocycles. The molecule has 2 aromatic heterocycles. The van der Waals surface area contributed by atoms with E-state index in [1.165, 1.54) is 35.2 Å². The second-order valence-electron chi connectivity index (χ2n) is 7.80. The number of fused-ring (bicyclic) bond motifs is 1. The molecule has 4 rings (SSSR count). The van der Waals surface area contributed by atoms with E-state index in [1.54, 1.807) is 0 Å². The van der Waals surface area contributed by atoms with Crippen molar-refractivity contribution in [2.45, 2.75) is 36.6 Å². The van der Waals surface area contributed by atoms with E-state index in [0.29, 0.717) is 10.6 Å². The van der Waals surface area contributed by atoms with Gasteiger partial charge >= 0.3 is 11.9 Å². The minimum Gasteiger partial charge on any atom is -0.479 e. The van der Waals surface area contributed by atoms with Crippen LogP contribution in [-0.2, 0) is 25.5 Å². The normalized spacial score (nSPS) is 22.5. The van der Waals surface area contributed by atoms with Crippen molar-refractivity contribution < 1.29 is 39.5 Å². The molecule has 0 aliphatic carbocycles. The smallest absolute Gasteiger partial charge is 0.348 e. The summed E-state index contributed by atoms with van der Waals surface area (Å²) in [6.07, 6.45) is -4.93. The van der Waals surface area contributed by atoms with Crippen LogP contribution in [0.2, 0.25) is 10.3 Å². The van der Waals surface area contributed by atoms with Crippen molar-refractivity contribution in [3.05, 3.63) is 46.5 Å². The molecule has 0 unspecified atom stereocenters. The zero-order chi connectivity index (χ0) is 25.5. The minimum atomic E-state index is -2.70. The Kier molecular flexibility index (Phi) is 6.81. The topological polar surface area (TPSA) is 203 Å². The van der Waals surface area contributed by atoms with Crippen molar-refractivity contribution in [1.82, 2.24) is 19.5 Å². The zero-order valence-electron chi connectivity index (χ0n) is 17.7. The molecular formula is C20H19Cl2N5O8. The summed E-state index contributed by atoms with van der Waals surface area (Å²) >= 11 is 11.7. The molecule has 3 heterocycles. The van der Waals surface area contributed by atoms with Crippen LogP contribution in [0.1, 0.15) is 11.8 Å². The van der Waals surface area contributed by atoms with Gasteiger partial charge in [0.05, 0.1) is 12.9 Å². The summed E-state index contributed by atoms with van der Waals surface area (Å²) in [6.45, 7) is -0.675. The molecule has 6 N–H and O–H groups in total. The van der Waals surface area contributed by atoms with Gasteiger partial charge in [0, 0.05) is 11.4 Å². The molecule has 0 amide bonds. The summed E-state index contributed by atoms with van der Waals surface area (Å²) in [4.78, 5) is 35.9. The van der Waals surface area contributed by atoms with E-state index in [1.807, 2.05) is 0 Å². The summed E-state index contributed by atoms with van der Waals surface area (Å²) in [5.41, 5.74) is 3.72. The molecule has 0 radical (unpaired) electrons. The fraction of sp³-hybridized carbons (Fsp3) is 0.350. The lowest BCUT2D eigenvalue weighted by molar-refractivity contribution is -0.190. The van der Waals surface area contributed by atoms with E-state index in [0.717, 1.165) is 0 Å². The van der Waals surface area contributed by atoms with Crippen LogP contribution in [0.5, 0.6) is 0 Å². The molecule has 186 valence electrons. The number of nitrogens with two attached hydrogens (primary N) is 1. The van der Waals surface area contributed by atoms with Gasteiger partial charge < -0.3 is 35.6 Å². The Hall–Kier alpha value is -3.07. The molecule has 1 aromatic carbocycles. The number of carboxylic acids is 2. The molecule has 35 heavy (non-hydrogen) atoms. The van der Waals surface area contributed by atoms with Crippen molar-refractivity contribution in [3.63, 3.8) is 0 Å². The van der Waals surface area contributed by atoms with E-state index in [4.69, 9.17) is 38.4 Å². The number of nitrogens with zero attached hydrogens (tertiary/aromatic N) is 4. The first kappa shape index (κ1) is 25.0. The fourth-order valence-electron chi connectivity index (χ4n) is 3.72. The fourth-order valence-corrected chi connectivity index (χ4v) is 4.02. The number of aliphatic carboxylic acids is 2. The number of halogens is 2. The summed E-state index contributed by atoms with van der Waals surface area (Å²) in [6, 6.07) is 5.90. The van der Waals surface area contributed by atoms with E-state index >= 15 is 0 Å². The largest absolute Gasteiger partial charge is 0.479 e. The number of carboxylic acid groups (broad SMARTS) is 2. The van der Waals surface area contributed by atoms with Gasteiger partial charge in [0.15, 0.2) is 17.7 Å². The number of ether oxygens (including phenoxy) is 2. The minimum absolute atomic E-state index is 0.0124. The Morgan fingerprint density at radius 1 is 1.11 bits per heavy atom. The lowest BCUT2D eigenvalue weighted by Crippen LogP contribution is -2.52. The predicted octanol–water partition coefficient (Wildman–Crippen LogP) is 0.502. The van der Waals surface area contributed by atoms with Gasteiger partial charge in [0.2, 0.25) is 5.28 Å². The molecule has 3 aromatic rings. The van der Waals surface area contributed by atoms with Crippen LogP contribution in [0, 0.1) is 0 Å². The zero-order valence-corrected chi connectivity index (χ0v) is 19.2. The third-order valence-corrected chi connectivity index (χ3v) is 6.00. The van der Waals surface area contributed by atoms with Gasteiger partial charge in [0.1, 0.15) is 23.8 Å². The van der Waals surface area contributed by atoms with Crippen LogP contribution >= 0.6 is 23.2 Å². The molecule has 13 nitrogen and oxygen atoms in total. The van der Waals surface area contributed by atoms with Crippen LogP contribution < -0.4 is 5.73 Å². The lowest BCUT2D eigenvalue weighted by Gasteiger charge is -2.27. The maximum Gasteiger partial charge on any atom is 0.348 e. The highest BCUT2D eigenvalue weighted by molar-refractivity contribution is 6.30. The first-order valence-corrected chi connectivity index (χ1v) is 10.8. The van der Waals surface area contributed by atoms with Gasteiger partial charge in [-0.15, -0.1) is 0 Å². The van der Waals surface area contributed by atoms with Gasteiger partial charge in [-0.3, -0.25) is 4.57 Å². The number of benzene rings is 1. The van der Waals surface area contributed by atoms with Crippen molar-refractivity contribution in [2.75, 3.05) is 12.3 Å². The predicted molar refractivity (Wildman–Crippen MR) is 120 cm³/mol. The third kappa shape index (κ3) is 4.61. The van der Waals surface area contributed by atoms with Gasteiger partial charge in [-0.2, -0.15) is 9.97 Å². The lowest BCUT2D eigenvalue weighted by atomic mass is 9.94. The SMILES string of the molecule is Nc1nc(Cl)nc2c1ncn2[C@@H]1O[C@H](COC(Cc2ccc(Cl)cc2)(C(=O)O)C(=O)O)[C@@H](O)[C@H]1O. The van der Waals surface area contributed by atoms with E-state index < -0.39 is 55.1 Å². The highest BCUT2D eigenvalue weighted by Crippen LogP contribution is 2.33. The number of imidazole rings is 1. The number of rotatable bonds is 8.